The number of pyridine rings is 1. The van der Waals surface area contributed by atoms with Crippen molar-refractivity contribution >= 4 is 11.9 Å². The summed E-state index contributed by atoms with van der Waals surface area (Å²) in [4.78, 5) is 29.0. The standard InChI is InChI=1S/C20H24N2O3/c1-13(14-9-7-6-8-10-14)16-11-15(19(24)25-20(2,3)4)12-17(22-16)18(23)21-5/h6-13H,1-5H3,(H,21,23)/t13-/m0/s1. The van der Waals surface area contributed by atoms with E-state index in [2.05, 4.69) is 10.3 Å². The molecule has 0 fully saturated rings. The van der Waals surface area contributed by atoms with Crippen molar-refractivity contribution in [2.75, 3.05) is 7.05 Å². The van der Waals surface area contributed by atoms with E-state index in [-0.39, 0.29) is 17.5 Å². The van der Waals surface area contributed by atoms with Gasteiger partial charge >= 0.3 is 5.97 Å². The molecule has 0 unspecified atom stereocenters. The number of aromatic nitrogens is 1. The van der Waals surface area contributed by atoms with Crippen molar-refractivity contribution in [1.29, 1.82) is 0 Å². The lowest BCUT2D eigenvalue weighted by Crippen LogP contribution is -2.25. The Hall–Kier alpha value is -2.69. The molecular weight excluding hydrogens is 316 g/mol. The van der Waals surface area contributed by atoms with Crippen LogP contribution in [-0.2, 0) is 4.74 Å². The van der Waals surface area contributed by atoms with Gasteiger partial charge in [-0.05, 0) is 38.5 Å². The molecule has 0 aliphatic carbocycles. The van der Waals surface area contributed by atoms with Crippen LogP contribution in [0.4, 0.5) is 0 Å². The second-order valence-electron chi connectivity index (χ2n) is 6.88. The van der Waals surface area contributed by atoms with E-state index in [0.717, 1.165) is 5.56 Å². The predicted molar refractivity (Wildman–Crippen MR) is 96.8 cm³/mol. The van der Waals surface area contributed by atoms with Gasteiger partial charge in [-0.15, -0.1) is 0 Å². The first-order valence-electron chi connectivity index (χ1n) is 8.23. The number of benzene rings is 1. The van der Waals surface area contributed by atoms with Crippen molar-refractivity contribution in [2.24, 2.45) is 0 Å². The first kappa shape index (κ1) is 18.6. The van der Waals surface area contributed by atoms with Crippen LogP contribution >= 0.6 is 0 Å². The fourth-order valence-electron chi connectivity index (χ4n) is 2.39. The second-order valence-corrected chi connectivity index (χ2v) is 6.88. The number of amides is 1. The zero-order valence-electron chi connectivity index (χ0n) is 15.3. The number of nitrogens with one attached hydrogen (secondary N) is 1. The molecule has 0 aliphatic rings. The number of hydrogen-bond donors (Lipinski definition) is 1. The van der Waals surface area contributed by atoms with Gasteiger partial charge in [-0.2, -0.15) is 0 Å². The molecule has 1 aromatic carbocycles. The van der Waals surface area contributed by atoms with E-state index < -0.39 is 11.6 Å². The van der Waals surface area contributed by atoms with Crippen molar-refractivity contribution in [2.45, 2.75) is 39.2 Å². The quantitative estimate of drug-likeness (QED) is 0.864. The Morgan fingerprint density at radius 3 is 2.32 bits per heavy atom. The Kier molecular flexibility index (Phi) is 5.57. The van der Waals surface area contributed by atoms with Crippen LogP contribution in [0.1, 0.15) is 65.7 Å². The number of carbonyl (C=O) groups excluding carboxylic acids is 2. The van der Waals surface area contributed by atoms with Gasteiger partial charge in [-0.1, -0.05) is 37.3 Å². The largest absolute Gasteiger partial charge is 0.456 e. The number of nitrogens with zero attached hydrogens (tertiary/aromatic N) is 1. The summed E-state index contributed by atoms with van der Waals surface area (Å²) in [5, 5.41) is 2.55. The molecule has 1 heterocycles. The van der Waals surface area contributed by atoms with Crippen molar-refractivity contribution in [1.82, 2.24) is 10.3 Å². The smallest absolute Gasteiger partial charge is 0.338 e. The molecule has 0 aliphatic heterocycles. The average Bonchev–Trinajstić information content (AvgIpc) is 2.59. The molecule has 0 bridgehead atoms. The molecule has 2 aromatic rings. The first-order chi connectivity index (χ1) is 11.7. The highest BCUT2D eigenvalue weighted by atomic mass is 16.6. The fraction of sp³-hybridized carbons (Fsp3) is 0.350. The molecule has 1 aromatic heterocycles. The molecule has 132 valence electrons. The van der Waals surface area contributed by atoms with Gasteiger partial charge in [0.25, 0.3) is 5.91 Å². The summed E-state index contributed by atoms with van der Waals surface area (Å²) in [6.07, 6.45) is 0. The normalized spacial score (nSPS) is 12.4. The third-order valence-corrected chi connectivity index (χ3v) is 3.68. The van der Waals surface area contributed by atoms with Gasteiger partial charge in [0.15, 0.2) is 0 Å². The molecule has 1 amide bonds. The third kappa shape index (κ3) is 4.89. The Morgan fingerprint density at radius 2 is 1.76 bits per heavy atom. The molecule has 0 saturated carbocycles. The Labute approximate surface area is 148 Å². The highest BCUT2D eigenvalue weighted by Gasteiger charge is 2.22. The molecule has 5 heteroatoms. The van der Waals surface area contributed by atoms with Crippen LogP contribution in [0, 0.1) is 0 Å². The van der Waals surface area contributed by atoms with Gasteiger partial charge in [0.05, 0.1) is 5.56 Å². The maximum atomic E-state index is 12.5. The number of ether oxygens (including phenoxy) is 1. The van der Waals surface area contributed by atoms with E-state index in [1.54, 1.807) is 26.8 Å². The van der Waals surface area contributed by atoms with Crippen LogP contribution in [0.25, 0.3) is 0 Å². The van der Waals surface area contributed by atoms with Crippen LogP contribution in [0.3, 0.4) is 0 Å². The number of hydrogen-bond acceptors (Lipinski definition) is 4. The summed E-state index contributed by atoms with van der Waals surface area (Å²) in [6.45, 7) is 7.40. The lowest BCUT2D eigenvalue weighted by Gasteiger charge is -2.20. The Balaban J connectivity index is 2.47. The molecule has 1 N–H and O–H groups in total. The molecule has 2 rings (SSSR count). The van der Waals surface area contributed by atoms with E-state index in [9.17, 15) is 9.59 Å². The lowest BCUT2D eigenvalue weighted by atomic mass is 9.96. The second kappa shape index (κ2) is 7.47. The third-order valence-electron chi connectivity index (χ3n) is 3.68. The van der Waals surface area contributed by atoms with Gasteiger partial charge in [-0.3, -0.25) is 4.79 Å². The van der Waals surface area contributed by atoms with E-state index in [1.165, 1.54) is 13.1 Å². The maximum absolute atomic E-state index is 12.5. The van der Waals surface area contributed by atoms with Gasteiger partial charge in [0.2, 0.25) is 0 Å². The van der Waals surface area contributed by atoms with Gasteiger partial charge < -0.3 is 10.1 Å². The predicted octanol–water partition coefficient (Wildman–Crippen LogP) is 3.55. The van der Waals surface area contributed by atoms with E-state index in [0.29, 0.717) is 11.3 Å². The van der Waals surface area contributed by atoms with Crippen molar-refractivity contribution in [3.63, 3.8) is 0 Å². The highest BCUT2D eigenvalue weighted by Crippen LogP contribution is 2.24. The summed E-state index contributed by atoms with van der Waals surface area (Å²) < 4.78 is 5.43. The SMILES string of the molecule is CNC(=O)c1cc(C(=O)OC(C)(C)C)cc([C@@H](C)c2ccccc2)n1. The summed E-state index contributed by atoms with van der Waals surface area (Å²) in [7, 11) is 1.53. The molecule has 5 nitrogen and oxygen atoms in total. The van der Waals surface area contributed by atoms with Crippen LogP contribution in [0.15, 0.2) is 42.5 Å². The zero-order valence-corrected chi connectivity index (χ0v) is 15.3. The van der Waals surface area contributed by atoms with Gasteiger partial charge in [0.1, 0.15) is 11.3 Å². The monoisotopic (exact) mass is 340 g/mol. The minimum absolute atomic E-state index is 0.0630. The Morgan fingerprint density at radius 1 is 1.12 bits per heavy atom. The Bertz CT molecular complexity index is 764. The van der Waals surface area contributed by atoms with Gasteiger partial charge in [0, 0.05) is 18.7 Å². The summed E-state index contributed by atoms with van der Waals surface area (Å²) in [6, 6.07) is 13.0. The summed E-state index contributed by atoms with van der Waals surface area (Å²) in [5.74, 6) is -0.875. The first-order valence-corrected chi connectivity index (χ1v) is 8.23. The van der Waals surface area contributed by atoms with Crippen molar-refractivity contribution < 1.29 is 14.3 Å². The minimum Gasteiger partial charge on any atom is -0.456 e. The molecule has 0 spiro atoms. The van der Waals surface area contributed by atoms with Gasteiger partial charge in [-0.25, -0.2) is 9.78 Å². The topological polar surface area (TPSA) is 68.3 Å². The maximum Gasteiger partial charge on any atom is 0.338 e. The highest BCUT2D eigenvalue weighted by molar-refractivity contribution is 5.96. The van der Waals surface area contributed by atoms with Crippen molar-refractivity contribution in [3.8, 4) is 0 Å². The summed E-state index contributed by atoms with van der Waals surface area (Å²) >= 11 is 0. The molecule has 0 radical (unpaired) electrons. The number of rotatable bonds is 4. The summed E-state index contributed by atoms with van der Waals surface area (Å²) in [5.41, 5.74) is 1.61. The lowest BCUT2D eigenvalue weighted by molar-refractivity contribution is 0.00692. The molecular formula is C20H24N2O3. The average molecular weight is 340 g/mol. The van der Waals surface area contributed by atoms with Crippen LogP contribution in [0.2, 0.25) is 0 Å². The van der Waals surface area contributed by atoms with Crippen molar-refractivity contribution in [3.05, 3.63) is 65.0 Å². The van der Waals surface area contributed by atoms with Crippen LogP contribution in [-0.4, -0.2) is 29.5 Å². The van der Waals surface area contributed by atoms with E-state index >= 15 is 0 Å². The molecule has 0 saturated heterocycles. The fourth-order valence-corrected chi connectivity index (χ4v) is 2.39. The molecule has 1 atom stereocenters. The number of carbonyl (C=O) groups is 2. The van der Waals surface area contributed by atoms with E-state index in [1.807, 2.05) is 37.3 Å². The zero-order chi connectivity index (χ0) is 18.6. The van der Waals surface area contributed by atoms with Crippen LogP contribution < -0.4 is 5.32 Å². The number of esters is 1. The van der Waals surface area contributed by atoms with E-state index in [4.69, 9.17) is 4.74 Å². The minimum atomic E-state index is -0.612. The van der Waals surface area contributed by atoms with Crippen LogP contribution in [0.5, 0.6) is 0 Å². The molecule has 25 heavy (non-hydrogen) atoms.